The maximum absolute atomic E-state index is 6.07. The average molecular weight is 308 g/mol. The van der Waals surface area contributed by atoms with Crippen LogP contribution in [0.3, 0.4) is 0 Å². The number of fused-ring (bicyclic) bond motifs is 1. The third-order valence-corrected chi connectivity index (χ3v) is 4.06. The van der Waals surface area contributed by atoms with Crippen molar-refractivity contribution >= 4 is 26.9 Å². The highest BCUT2D eigenvalue weighted by Crippen LogP contribution is 2.47. The van der Waals surface area contributed by atoms with E-state index >= 15 is 0 Å². The van der Waals surface area contributed by atoms with Gasteiger partial charge in [-0.25, -0.2) is 0 Å². The Morgan fingerprint density at radius 3 is 2.83 bits per heavy atom. The Hall–Kier alpha value is -0.800. The molecule has 1 fully saturated rings. The Morgan fingerprint density at radius 2 is 2.17 bits per heavy atom. The summed E-state index contributed by atoms with van der Waals surface area (Å²) in [5, 5.41) is 4.74. The van der Waals surface area contributed by atoms with Crippen LogP contribution in [-0.2, 0) is 6.54 Å². The molecule has 1 aliphatic rings. The Morgan fingerprint density at radius 1 is 1.39 bits per heavy atom. The summed E-state index contributed by atoms with van der Waals surface area (Å²) < 4.78 is 7.13. The van der Waals surface area contributed by atoms with Crippen LogP contribution < -0.4 is 5.32 Å². The minimum atomic E-state index is 0.480. The van der Waals surface area contributed by atoms with Crippen molar-refractivity contribution in [2.24, 2.45) is 0 Å². The molecule has 0 atom stereocenters. The van der Waals surface area contributed by atoms with Gasteiger partial charge in [-0.1, -0.05) is 26.0 Å². The second-order valence-corrected chi connectivity index (χ2v) is 6.22. The molecule has 1 aromatic carbocycles. The Balaban J connectivity index is 2.06. The molecule has 2 nitrogen and oxygen atoms in total. The zero-order chi connectivity index (χ0) is 12.7. The number of nitrogens with one attached hydrogen (secondary N) is 1. The first kappa shape index (κ1) is 12.2. The van der Waals surface area contributed by atoms with Gasteiger partial charge in [0.05, 0.1) is 11.0 Å². The van der Waals surface area contributed by atoms with Crippen LogP contribution in [0.15, 0.2) is 27.1 Å². The summed E-state index contributed by atoms with van der Waals surface area (Å²) in [7, 11) is 0. The zero-order valence-electron chi connectivity index (χ0n) is 10.8. The number of halogens is 1. The quantitative estimate of drug-likeness (QED) is 0.895. The van der Waals surface area contributed by atoms with Crippen LogP contribution in [0.4, 0.5) is 0 Å². The van der Waals surface area contributed by atoms with Gasteiger partial charge < -0.3 is 9.73 Å². The highest BCUT2D eigenvalue weighted by molar-refractivity contribution is 9.10. The first-order chi connectivity index (χ1) is 8.66. The van der Waals surface area contributed by atoms with Crippen molar-refractivity contribution in [3.63, 3.8) is 0 Å². The first-order valence-electron chi connectivity index (χ1n) is 6.60. The lowest BCUT2D eigenvalue weighted by Crippen LogP contribution is -2.22. The van der Waals surface area contributed by atoms with E-state index < -0.39 is 0 Å². The van der Waals surface area contributed by atoms with E-state index in [9.17, 15) is 0 Å². The van der Waals surface area contributed by atoms with Crippen molar-refractivity contribution in [1.82, 2.24) is 5.32 Å². The Bertz CT molecular complexity index is 569. The molecule has 0 radical (unpaired) electrons. The van der Waals surface area contributed by atoms with Gasteiger partial charge in [0, 0.05) is 17.0 Å². The predicted molar refractivity (Wildman–Crippen MR) is 77.9 cm³/mol. The van der Waals surface area contributed by atoms with Gasteiger partial charge in [0.15, 0.2) is 0 Å². The average Bonchev–Trinajstić information content (AvgIpc) is 3.08. The van der Waals surface area contributed by atoms with E-state index in [0.717, 1.165) is 22.4 Å². The van der Waals surface area contributed by atoms with Crippen molar-refractivity contribution < 1.29 is 4.42 Å². The predicted octanol–water partition coefficient (Wildman–Crippen LogP) is 4.57. The van der Waals surface area contributed by atoms with E-state index in [2.05, 4.69) is 47.2 Å². The molecular formula is C15H18BrNO. The molecule has 0 unspecified atom stereocenters. The minimum absolute atomic E-state index is 0.480. The molecule has 18 heavy (non-hydrogen) atoms. The van der Waals surface area contributed by atoms with E-state index in [1.54, 1.807) is 0 Å². The van der Waals surface area contributed by atoms with Crippen molar-refractivity contribution in [2.45, 2.75) is 45.2 Å². The fraction of sp³-hybridized carbons (Fsp3) is 0.467. The Labute approximate surface area is 116 Å². The third kappa shape index (κ3) is 2.21. The van der Waals surface area contributed by atoms with Crippen molar-refractivity contribution in [1.29, 1.82) is 0 Å². The van der Waals surface area contributed by atoms with E-state index in [1.807, 2.05) is 6.07 Å². The van der Waals surface area contributed by atoms with Gasteiger partial charge in [0.1, 0.15) is 11.3 Å². The van der Waals surface area contributed by atoms with Crippen molar-refractivity contribution in [2.75, 3.05) is 0 Å². The highest BCUT2D eigenvalue weighted by atomic mass is 79.9. The molecule has 0 saturated heterocycles. The molecule has 0 amide bonds. The third-order valence-electron chi connectivity index (χ3n) is 3.44. The number of para-hydroxylation sites is 1. The number of benzene rings is 1. The van der Waals surface area contributed by atoms with Gasteiger partial charge in [0.2, 0.25) is 0 Å². The van der Waals surface area contributed by atoms with Gasteiger partial charge in [0.25, 0.3) is 0 Å². The number of hydrogen-bond acceptors (Lipinski definition) is 2. The van der Waals surface area contributed by atoms with Gasteiger partial charge >= 0.3 is 0 Å². The lowest BCUT2D eigenvalue weighted by molar-refractivity contribution is 0.482. The molecule has 3 heteroatoms. The molecule has 0 aliphatic heterocycles. The summed E-state index contributed by atoms with van der Waals surface area (Å²) in [6.45, 7) is 5.15. The monoisotopic (exact) mass is 307 g/mol. The summed E-state index contributed by atoms with van der Waals surface area (Å²) in [5.41, 5.74) is 2.43. The summed E-state index contributed by atoms with van der Waals surface area (Å²) in [6.07, 6.45) is 2.60. The Kier molecular flexibility index (Phi) is 3.20. The van der Waals surface area contributed by atoms with Crippen LogP contribution in [0.2, 0.25) is 0 Å². The van der Waals surface area contributed by atoms with Gasteiger partial charge in [-0.05, 0) is 40.8 Å². The van der Waals surface area contributed by atoms with E-state index in [0.29, 0.717) is 12.0 Å². The largest absolute Gasteiger partial charge is 0.458 e. The second kappa shape index (κ2) is 4.71. The second-order valence-electron chi connectivity index (χ2n) is 5.37. The van der Waals surface area contributed by atoms with Crippen LogP contribution in [0.1, 0.15) is 43.9 Å². The van der Waals surface area contributed by atoms with Crippen molar-refractivity contribution in [3.8, 4) is 0 Å². The number of furan rings is 1. The van der Waals surface area contributed by atoms with E-state index in [1.165, 1.54) is 23.8 Å². The summed E-state index contributed by atoms with van der Waals surface area (Å²) in [6, 6.07) is 6.79. The summed E-state index contributed by atoms with van der Waals surface area (Å²) >= 11 is 3.58. The molecule has 1 heterocycles. The fourth-order valence-electron chi connectivity index (χ4n) is 2.40. The number of hydrogen-bond donors (Lipinski definition) is 1. The molecule has 1 aromatic heterocycles. The van der Waals surface area contributed by atoms with E-state index in [-0.39, 0.29) is 0 Å². The molecule has 0 bridgehead atoms. The SMILES string of the molecule is CC(C)NCc1oc2c(Br)cccc2c1C1CC1. The van der Waals surface area contributed by atoms with Crippen LogP contribution in [-0.4, -0.2) is 6.04 Å². The van der Waals surface area contributed by atoms with Crippen molar-refractivity contribution in [3.05, 3.63) is 34.0 Å². The van der Waals surface area contributed by atoms with Gasteiger partial charge in [-0.2, -0.15) is 0 Å². The summed E-state index contributed by atoms with van der Waals surface area (Å²) in [4.78, 5) is 0. The molecule has 96 valence electrons. The van der Waals surface area contributed by atoms with Crippen LogP contribution in [0.25, 0.3) is 11.0 Å². The highest BCUT2D eigenvalue weighted by Gasteiger charge is 2.31. The number of rotatable bonds is 4. The molecule has 1 aliphatic carbocycles. The fourth-order valence-corrected chi connectivity index (χ4v) is 2.85. The molecule has 2 aromatic rings. The maximum atomic E-state index is 6.07. The molecular weight excluding hydrogens is 290 g/mol. The van der Waals surface area contributed by atoms with Gasteiger partial charge in [-0.3, -0.25) is 0 Å². The lowest BCUT2D eigenvalue weighted by atomic mass is 10.1. The van der Waals surface area contributed by atoms with Crippen LogP contribution >= 0.6 is 15.9 Å². The topological polar surface area (TPSA) is 25.2 Å². The summed E-state index contributed by atoms with van der Waals surface area (Å²) in [5.74, 6) is 1.83. The molecule has 1 saturated carbocycles. The van der Waals surface area contributed by atoms with Gasteiger partial charge in [-0.15, -0.1) is 0 Å². The normalized spacial score (nSPS) is 15.8. The molecule has 0 spiro atoms. The standard InChI is InChI=1S/C15H18BrNO/c1-9(2)17-8-13-14(10-6-7-10)11-4-3-5-12(16)15(11)18-13/h3-5,9-10,17H,6-8H2,1-2H3. The zero-order valence-corrected chi connectivity index (χ0v) is 12.4. The maximum Gasteiger partial charge on any atom is 0.148 e. The first-order valence-corrected chi connectivity index (χ1v) is 7.39. The smallest absolute Gasteiger partial charge is 0.148 e. The van der Waals surface area contributed by atoms with Crippen LogP contribution in [0, 0.1) is 0 Å². The minimum Gasteiger partial charge on any atom is -0.458 e. The van der Waals surface area contributed by atoms with E-state index in [4.69, 9.17) is 4.42 Å². The molecule has 1 N–H and O–H groups in total. The lowest BCUT2D eigenvalue weighted by Gasteiger charge is -2.07. The molecule has 3 rings (SSSR count). The van der Waals surface area contributed by atoms with Crippen LogP contribution in [0.5, 0.6) is 0 Å².